The molecule has 1 saturated carbocycles. The van der Waals surface area contributed by atoms with Crippen LogP contribution in [0.4, 0.5) is 10.3 Å². The van der Waals surface area contributed by atoms with Crippen LogP contribution in [0.2, 0.25) is 0 Å². The molecular formula is C14H17FN6. The fourth-order valence-electron chi connectivity index (χ4n) is 3.02. The van der Waals surface area contributed by atoms with Gasteiger partial charge in [0, 0.05) is 25.0 Å². The average molecular weight is 288 g/mol. The Balaban J connectivity index is 1.54. The van der Waals surface area contributed by atoms with Gasteiger partial charge >= 0.3 is 0 Å². The molecule has 0 N–H and O–H groups in total. The summed E-state index contributed by atoms with van der Waals surface area (Å²) in [5.74, 6) is 1.61. The first-order valence-electron chi connectivity index (χ1n) is 7.43. The van der Waals surface area contributed by atoms with E-state index in [1.807, 2.05) is 6.33 Å². The molecular weight excluding hydrogens is 271 g/mol. The number of piperidine rings is 1. The van der Waals surface area contributed by atoms with E-state index in [0.717, 1.165) is 31.8 Å². The van der Waals surface area contributed by atoms with Crippen LogP contribution in [-0.4, -0.2) is 37.8 Å². The fraction of sp³-hybridized carbons (Fsp3) is 0.571. The lowest BCUT2D eigenvalue weighted by atomic mass is 9.97. The Hall–Kier alpha value is -2.05. The van der Waals surface area contributed by atoms with E-state index in [1.54, 1.807) is 0 Å². The van der Waals surface area contributed by atoms with Crippen LogP contribution < -0.4 is 4.90 Å². The fourth-order valence-corrected chi connectivity index (χ4v) is 3.02. The van der Waals surface area contributed by atoms with E-state index in [1.165, 1.54) is 25.2 Å². The Morgan fingerprint density at radius 2 is 1.95 bits per heavy atom. The van der Waals surface area contributed by atoms with Gasteiger partial charge in [0.15, 0.2) is 5.82 Å². The van der Waals surface area contributed by atoms with Gasteiger partial charge in [-0.05, 0) is 25.7 Å². The molecule has 1 aliphatic heterocycles. The van der Waals surface area contributed by atoms with Crippen LogP contribution in [0.3, 0.4) is 0 Å². The Morgan fingerprint density at radius 3 is 2.71 bits per heavy atom. The average Bonchev–Trinajstić information content (AvgIpc) is 3.25. The topological polar surface area (TPSA) is 59.7 Å². The summed E-state index contributed by atoms with van der Waals surface area (Å²) in [5.41, 5.74) is 0. The third-order valence-corrected chi connectivity index (χ3v) is 4.22. The molecule has 21 heavy (non-hydrogen) atoms. The lowest BCUT2D eigenvalue weighted by Gasteiger charge is -2.32. The number of rotatable bonds is 3. The van der Waals surface area contributed by atoms with E-state index in [9.17, 15) is 4.39 Å². The minimum Gasteiger partial charge on any atom is -0.340 e. The number of nitrogens with zero attached hydrogens (tertiary/aromatic N) is 6. The van der Waals surface area contributed by atoms with E-state index in [-0.39, 0.29) is 0 Å². The zero-order valence-electron chi connectivity index (χ0n) is 11.7. The zero-order valence-corrected chi connectivity index (χ0v) is 11.7. The third-order valence-electron chi connectivity index (χ3n) is 4.22. The minimum absolute atomic E-state index is 0.343. The number of halogens is 1. The molecule has 7 heteroatoms. The normalized spacial score (nSPS) is 22.5. The van der Waals surface area contributed by atoms with Gasteiger partial charge in [0.25, 0.3) is 0 Å². The van der Waals surface area contributed by atoms with E-state index in [2.05, 4.69) is 29.6 Å². The summed E-state index contributed by atoms with van der Waals surface area (Å²) in [4.78, 5) is 10.3. The highest BCUT2D eigenvalue weighted by molar-refractivity contribution is 5.30. The maximum atomic E-state index is 12.9. The van der Waals surface area contributed by atoms with Crippen molar-refractivity contribution in [2.24, 2.45) is 0 Å². The standard InChI is InChI=1S/C14H17FN6/c15-11-6-16-14(17-7-11)20-5-1-2-10(8-20)13-19-18-9-21(13)12-3-4-12/h6-7,9-10,12H,1-5,8H2/t10-/m0/s1. The molecule has 0 amide bonds. The summed E-state index contributed by atoms with van der Waals surface area (Å²) in [6.07, 6.45) is 8.90. The Morgan fingerprint density at radius 1 is 1.14 bits per heavy atom. The zero-order chi connectivity index (χ0) is 14.2. The molecule has 0 unspecified atom stereocenters. The largest absolute Gasteiger partial charge is 0.340 e. The number of anilines is 1. The van der Waals surface area contributed by atoms with Crippen LogP contribution in [0, 0.1) is 5.82 Å². The van der Waals surface area contributed by atoms with Gasteiger partial charge in [-0.15, -0.1) is 10.2 Å². The molecule has 4 rings (SSSR count). The van der Waals surface area contributed by atoms with Crippen LogP contribution >= 0.6 is 0 Å². The van der Waals surface area contributed by atoms with Gasteiger partial charge in [-0.2, -0.15) is 0 Å². The smallest absolute Gasteiger partial charge is 0.225 e. The van der Waals surface area contributed by atoms with Crippen molar-refractivity contribution in [3.05, 3.63) is 30.4 Å². The molecule has 110 valence electrons. The van der Waals surface area contributed by atoms with E-state index >= 15 is 0 Å². The number of hydrogen-bond donors (Lipinski definition) is 0. The van der Waals surface area contributed by atoms with Gasteiger partial charge < -0.3 is 9.47 Å². The van der Waals surface area contributed by atoms with E-state index in [0.29, 0.717) is 17.9 Å². The van der Waals surface area contributed by atoms with Crippen molar-refractivity contribution in [3.63, 3.8) is 0 Å². The molecule has 2 aliphatic rings. The van der Waals surface area contributed by atoms with E-state index in [4.69, 9.17) is 0 Å². The van der Waals surface area contributed by atoms with Crippen molar-refractivity contribution >= 4 is 5.95 Å². The second kappa shape index (κ2) is 5.05. The maximum absolute atomic E-state index is 12.9. The van der Waals surface area contributed by atoms with Crippen molar-refractivity contribution < 1.29 is 4.39 Å². The summed E-state index contributed by atoms with van der Waals surface area (Å²) in [7, 11) is 0. The monoisotopic (exact) mass is 288 g/mol. The SMILES string of the molecule is Fc1cnc(N2CCC[C@H](c3nncn3C3CC3)C2)nc1. The summed E-state index contributed by atoms with van der Waals surface area (Å²) < 4.78 is 15.2. The van der Waals surface area contributed by atoms with Crippen molar-refractivity contribution in [1.82, 2.24) is 24.7 Å². The summed E-state index contributed by atoms with van der Waals surface area (Å²) in [6, 6.07) is 0.590. The Kier molecular flexibility index (Phi) is 3.05. The molecule has 2 aromatic rings. The van der Waals surface area contributed by atoms with Crippen molar-refractivity contribution in [2.75, 3.05) is 18.0 Å². The highest BCUT2D eigenvalue weighted by Gasteiger charge is 2.31. The lowest BCUT2D eigenvalue weighted by Crippen LogP contribution is -2.36. The number of hydrogen-bond acceptors (Lipinski definition) is 5. The number of aromatic nitrogens is 5. The molecule has 2 fully saturated rings. The second-order valence-corrected chi connectivity index (χ2v) is 5.81. The third kappa shape index (κ3) is 2.48. The first kappa shape index (κ1) is 12.7. The van der Waals surface area contributed by atoms with Crippen LogP contribution in [0.25, 0.3) is 0 Å². The van der Waals surface area contributed by atoms with Gasteiger partial charge in [0.05, 0.1) is 12.4 Å². The van der Waals surface area contributed by atoms with Crippen molar-refractivity contribution in [3.8, 4) is 0 Å². The van der Waals surface area contributed by atoms with Gasteiger partial charge in [0.2, 0.25) is 5.95 Å². The highest BCUT2D eigenvalue weighted by Crippen LogP contribution is 2.38. The van der Waals surface area contributed by atoms with Gasteiger partial charge in [-0.3, -0.25) is 0 Å². The van der Waals surface area contributed by atoms with Gasteiger partial charge in [-0.1, -0.05) is 0 Å². The molecule has 1 aliphatic carbocycles. The summed E-state index contributed by atoms with van der Waals surface area (Å²) >= 11 is 0. The molecule has 0 spiro atoms. The van der Waals surface area contributed by atoms with Gasteiger partial charge in [-0.25, -0.2) is 14.4 Å². The molecule has 6 nitrogen and oxygen atoms in total. The first-order valence-corrected chi connectivity index (χ1v) is 7.43. The molecule has 3 heterocycles. The highest BCUT2D eigenvalue weighted by atomic mass is 19.1. The molecule has 0 radical (unpaired) electrons. The maximum Gasteiger partial charge on any atom is 0.225 e. The van der Waals surface area contributed by atoms with Crippen molar-refractivity contribution in [2.45, 2.75) is 37.6 Å². The molecule has 2 aromatic heterocycles. The molecule has 1 saturated heterocycles. The van der Waals surface area contributed by atoms with Crippen LogP contribution in [0.1, 0.15) is 43.5 Å². The summed E-state index contributed by atoms with van der Waals surface area (Å²) in [5, 5.41) is 8.41. The van der Waals surface area contributed by atoms with Crippen LogP contribution in [0.5, 0.6) is 0 Å². The predicted octanol–water partition coefficient (Wildman–Crippen LogP) is 1.93. The van der Waals surface area contributed by atoms with Crippen LogP contribution in [-0.2, 0) is 0 Å². The van der Waals surface area contributed by atoms with Crippen molar-refractivity contribution in [1.29, 1.82) is 0 Å². The lowest BCUT2D eigenvalue weighted by molar-refractivity contribution is 0.465. The Labute approximate surface area is 122 Å². The minimum atomic E-state index is -0.402. The first-order chi connectivity index (χ1) is 10.3. The molecule has 0 aromatic carbocycles. The van der Waals surface area contributed by atoms with Gasteiger partial charge in [0.1, 0.15) is 12.2 Å². The predicted molar refractivity (Wildman–Crippen MR) is 74.5 cm³/mol. The van der Waals surface area contributed by atoms with Crippen LogP contribution in [0.15, 0.2) is 18.7 Å². The molecule has 0 bridgehead atoms. The van der Waals surface area contributed by atoms with E-state index < -0.39 is 5.82 Å². The second-order valence-electron chi connectivity index (χ2n) is 5.81. The Bertz CT molecular complexity index is 621. The summed E-state index contributed by atoms with van der Waals surface area (Å²) in [6.45, 7) is 1.72. The molecule has 1 atom stereocenters. The quantitative estimate of drug-likeness (QED) is 0.863.